The van der Waals surface area contributed by atoms with Crippen LogP contribution in [0.15, 0.2) is 0 Å². The molecule has 0 heterocycles. The van der Waals surface area contributed by atoms with Crippen LogP contribution in [0.5, 0.6) is 0 Å². The first-order chi connectivity index (χ1) is 54.6. The molecule has 0 saturated heterocycles. The quantitative estimate of drug-likeness (QED) is 0.0421. The molecule has 120 heavy (non-hydrogen) atoms. The molecule has 0 nitrogen and oxygen atoms in total. The molecule has 120 heteroatoms. The van der Waals surface area contributed by atoms with Crippen molar-refractivity contribution >= 4 is 849 Å². The molecule has 0 saturated carbocycles. The van der Waals surface area contributed by atoms with Gasteiger partial charge in [-0.25, -0.2) is 0 Å². The van der Waals surface area contributed by atoms with Crippen molar-refractivity contribution in [2.24, 2.45) is 0 Å². The fourth-order valence-corrected chi connectivity index (χ4v) is 26.9. The molecule has 0 aliphatic carbocycles. The molecule has 0 amide bonds. The van der Waals surface area contributed by atoms with Crippen LogP contribution in [0, 0.1) is 0 Å². The van der Waals surface area contributed by atoms with Crippen LogP contribution in [-0.2, 0) is 0 Å². The van der Waals surface area contributed by atoms with Crippen LogP contribution >= 0.6 is 7.56 Å². The Balaban J connectivity index is 16.6. The summed E-state index contributed by atoms with van der Waals surface area (Å²) in [7, 11) is 443. The van der Waals surface area contributed by atoms with Crippen LogP contribution in [0.1, 0.15) is 0 Å². The lowest BCUT2D eigenvalue weighted by atomic mass is 8.27. The third kappa shape index (κ3) is 34.3. The molecule has 0 aromatic rings. The van der Waals surface area contributed by atoms with Crippen LogP contribution in [0.4, 0.5) is 0 Å². The number of hydrogen-bond donors (Lipinski definition) is 0. The highest BCUT2D eigenvalue weighted by Crippen LogP contribution is 2.54. The van der Waals surface area contributed by atoms with Gasteiger partial charge in [-0.05, 0) is 0 Å². The Bertz CT molecular complexity index is 2120. The maximum atomic E-state index is 7.83. The standard InChI is InChI=1S/B119P/c1-62(2)92(61)107(91(59)60)115(108(93(63(3)4)64(5)6)94(65(7)8)66(9)10)119(116(109(95(67(11)12)68(13)14)96(69(15)16)70(17)18)110(97(71(19)20)72(21)22)98(73(23)24)74(25)26)120(117(111(99(75(27)28)76(29)30)100(77(31)32)78(33)34)112(101(79(35)36)80(37)38)102(81(39)40)82(41)42)118(113(103(83(43)44)84(45)46)104(85(47)48)86(49)50)114(105(87(51)52)88(53)54)106(89(55)56)90(57)58. The molecule has 0 unspecified atom stereocenters. The molecular weight excluding hydrogens is 1320 g/mol. The Hall–Kier alpha value is 8.16. The van der Waals surface area contributed by atoms with Gasteiger partial charge in [0, 0.05) is 823 Å². The summed E-state index contributed by atoms with van der Waals surface area (Å²) < 4.78 is 0. The van der Waals surface area contributed by atoms with Crippen LogP contribution in [-0.4, -0.2) is 842 Å². The highest BCUT2D eigenvalue weighted by atomic mass is 31.1. The summed E-state index contributed by atoms with van der Waals surface area (Å²) >= 11 is 0. The van der Waals surface area contributed by atoms with E-state index >= 15 is 0 Å². The van der Waals surface area contributed by atoms with Crippen molar-refractivity contribution < 1.29 is 0 Å². The van der Waals surface area contributed by atoms with Crippen LogP contribution in [0.3, 0.4) is 0 Å². The van der Waals surface area contributed by atoms with Crippen molar-refractivity contribution in [3.63, 3.8) is 0 Å². The minimum atomic E-state index is -4.23. The van der Waals surface area contributed by atoms with Gasteiger partial charge in [0.2, 0.25) is 0 Å². The van der Waals surface area contributed by atoms with Gasteiger partial charge < -0.3 is 0 Å². The average molecular weight is 1320 g/mol. The third-order valence-corrected chi connectivity index (χ3v) is 29.3. The molecule has 0 rings (SSSR count). The topological polar surface area (TPSA) is 0 Å². The van der Waals surface area contributed by atoms with E-state index in [-0.39, 0.29) is 0 Å². The van der Waals surface area contributed by atoms with Gasteiger partial charge in [-0.2, -0.15) is 0 Å². The van der Waals surface area contributed by atoms with E-state index in [0.717, 1.165) is 0 Å². The van der Waals surface area contributed by atoms with E-state index in [9.17, 15) is 0 Å². The van der Waals surface area contributed by atoms with Gasteiger partial charge in [-0.1, -0.05) is 0 Å². The van der Waals surface area contributed by atoms with E-state index in [1.165, 1.54) is 0 Å². The predicted molar refractivity (Wildman–Crippen MR) is 692 cm³/mol. The maximum Gasteiger partial charge on any atom is 0.0527 e. The molecule has 0 aliphatic heterocycles. The first kappa shape index (κ1) is 128. The minimum absolute atomic E-state index is 1.97. The summed E-state index contributed by atoms with van der Waals surface area (Å²) in [6.07, 6.45) is -121. The Morgan fingerprint density at radius 3 is 0.233 bits per heavy atom. The van der Waals surface area contributed by atoms with E-state index in [1.54, 1.807) is 0 Å². The molecular formula is B119P. The van der Waals surface area contributed by atoms with E-state index < -0.39 is 377 Å². The van der Waals surface area contributed by atoms with Crippen LogP contribution in [0.2, 0.25) is 0 Å². The lowest BCUT2D eigenvalue weighted by Gasteiger charge is -2.65. The SMILES string of the molecule is [B]B([B])B([B])B(B([B])[B])B(B(B(B([B])[B])B([B])[B])B(B([B])[B])B([B])[B])B(B(B(B(B([B])[B])B([B])[B])B(B([B])[B])B([B])[B])B(B(B([B])[B])B([B])[B])B(B([B])[B])B([B])[B])P(B(B(B(B([B])[B])B([B])[B])B(B([B])[B])B([B])[B])B(B(B([B])[B])B([B])[B])B(B([B])[B])B([B])[B])B(B(B(B([B])[B])B([B])[B])B(B([B])[B])B([B])[B])B(B(B([B])[B])B([B])[B])B(B([B])[B])B([B])[B]. The molecule has 0 fully saturated rings. The van der Waals surface area contributed by atoms with Gasteiger partial charge in [0.05, 0.1) is 18.6 Å². The molecule has 0 bridgehead atoms. The average Bonchev–Trinajstić information content (AvgIpc) is 0.701. The van der Waals surface area contributed by atoms with Gasteiger partial charge in [0.25, 0.3) is 0 Å². The van der Waals surface area contributed by atoms with Gasteiger partial charge in [-0.15, -0.1) is 0 Å². The van der Waals surface area contributed by atoms with E-state index in [4.69, 9.17) is 472 Å². The highest BCUT2D eigenvalue weighted by Gasteiger charge is 2.70. The number of rotatable bonds is 58. The van der Waals surface area contributed by atoms with E-state index in [0.29, 0.717) is 0 Å². The summed E-state index contributed by atoms with van der Waals surface area (Å²) in [4.78, 5) is 0. The summed E-state index contributed by atoms with van der Waals surface area (Å²) in [5, 5.41) is 0. The first-order valence-electron chi connectivity index (χ1n) is 39.4. The van der Waals surface area contributed by atoms with Crippen LogP contribution < -0.4 is 0 Å². The highest BCUT2D eigenvalue weighted by molar-refractivity contribution is 8.65. The fraction of sp³-hybridized carbons (Fsp3) is 0. The first-order valence-corrected chi connectivity index (χ1v) is 41.0. The van der Waals surface area contributed by atoms with Crippen molar-refractivity contribution in [2.75, 3.05) is 0 Å². The van der Waals surface area contributed by atoms with Crippen molar-refractivity contribution in [1.29, 1.82) is 0 Å². The predicted octanol–water partition coefficient (Wildman–Crippen LogP) is -44.5. The Labute approximate surface area is 840 Å². The van der Waals surface area contributed by atoms with Gasteiger partial charge in [0.15, 0.2) is 0 Å². The molecule has 0 aromatic heterocycles. The Morgan fingerprint density at radius 1 is 0.0750 bits per heavy atom. The van der Waals surface area contributed by atoms with Crippen LogP contribution in [0.25, 0.3) is 0 Å². The molecule has 0 N–H and O–H groups in total. The zero-order valence-corrected chi connectivity index (χ0v) is 70.0. The third-order valence-electron chi connectivity index (χ3n) is 25.2. The van der Waals surface area contributed by atoms with Gasteiger partial charge in [0.1, 0.15) is 0 Å². The number of hydrogen-bond acceptors (Lipinski definition) is 0. The molecule has 0 aromatic carbocycles. The normalized spacial score (nSPS) is 9.94. The second-order valence-corrected chi connectivity index (χ2v) is 36.4. The van der Waals surface area contributed by atoms with Gasteiger partial charge in [-0.3, -0.25) is 7.56 Å². The largest absolute Gasteiger partial charge is 0.253 e. The maximum absolute atomic E-state index is 7.83. The summed E-state index contributed by atoms with van der Waals surface area (Å²) in [5.41, 5.74) is 0. The monoisotopic (exact) mass is 1340 g/mol. The van der Waals surface area contributed by atoms with Gasteiger partial charge >= 0.3 is 0 Å². The molecule has 0 aliphatic rings. The Morgan fingerprint density at radius 2 is 0.150 bits per heavy atom. The van der Waals surface area contributed by atoms with Crippen molar-refractivity contribution in [3.8, 4) is 0 Å². The molecule has 122 radical (unpaired) electrons. The lowest BCUT2D eigenvalue weighted by Crippen LogP contribution is -2.96. The zero-order chi connectivity index (χ0) is 95.1. The molecule has 0 spiro atoms. The molecule has 362 valence electrons. The smallest absolute Gasteiger partial charge is 0.0527 e. The summed E-state index contributed by atoms with van der Waals surface area (Å²) in [6.45, 7) is 0. The van der Waals surface area contributed by atoms with Crippen molar-refractivity contribution in [2.45, 2.75) is 0 Å². The summed E-state index contributed by atoms with van der Waals surface area (Å²) in [6, 6.07) is 0. The summed E-state index contributed by atoms with van der Waals surface area (Å²) in [5.74, 6) is 0. The minimum Gasteiger partial charge on any atom is -0.253 e. The van der Waals surface area contributed by atoms with Crippen molar-refractivity contribution in [1.82, 2.24) is 0 Å². The lowest BCUT2D eigenvalue weighted by molar-refractivity contribution is 3.17. The van der Waals surface area contributed by atoms with E-state index in [1.807, 2.05) is 0 Å². The fourth-order valence-electron chi connectivity index (χ4n) is 20.9. The second-order valence-electron chi connectivity index (χ2n) is 33.7. The zero-order valence-electron chi connectivity index (χ0n) is 69.2. The van der Waals surface area contributed by atoms with Crippen molar-refractivity contribution in [3.05, 3.63) is 0 Å². The van der Waals surface area contributed by atoms with E-state index in [2.05, 4.69) is 0 Å². The second kappa shape index (κ2) is 59.0. The molecule has 0 atom stereocenters. The Kier molecular flexibility index (Phi) is 63.0.